The summed E-state index contributed by atoms with van der Waals surface area (Å²) in [4.78, 5) is 52.1. The molecule has 0 aromatic heterocycles. The fourth-order valence-electron chi connectivity index (χ4n) is 5.16. The Bertz CT molecular complexity index is 1290. The fourth-order valence-corrected chi connectivity index (χ4v) is 5.16. The Morgan fingerprint density at radius 3 is 1.98 bits per heavy atom. The van der Waals surface area contributed by atoms with Crippen LogP contribution in [0.4, 0.5) is 17.6 Å². The molecule has 0 aliphatic heterocycles. The zero-order valence-electron chi connectivity index (χ0n) is 23.8. The van der Waals surface area contributed by atoms with Gasteiger partial charge in [0, 0.05) is 5.56 Å². The van der Waals surface area contributed by atoms with Crippen LogP contribution in [0.2, 0.25) is 0 Å². The van der Waals surface area contributed by atoms with Gasteiger partial charge >= 0.3 is 6.18 Å². The van der Waals surface area contributed by atoms with Crippen molar-refractivity contribution in [3.8, 4) is 5.75 Å². The SMILES string of the molecule is COc1ccc([C@H](NC(=O)[C@@H](C)NC(=O)C2(c3ccccc3F)CCCC2)C(=O)NC(C(=O)C(F)(F)F)C(C)C)cc1. The number of rotatable bonds is 11. The number of carbonyl (C=O) groups is 4. The van der Waals surface area contributed by atoms with Gasteiger partial charge in [0.1, 0.15) is 23.7 Å². The molecule has 0 radical (unpaired) electrons. The lowest BCUT2D eigenvalue weighted by Crippen LogP contribution is -2.55. The largest absolute Gasteiger partial charge is 0.497 e. The first-order chi connectivity index (χ1) is 19.7. The van der Waals surface area contributed by atoms with Crippen LogP contribution in [0.15, 0.2) is 48.5 Å². The van der Waals surface area contributed by atoms with E-state index in [-0.39, 0.29) is 11.1 Å². The van der Waals surface area contributed by atoms with E-state index in [1.54, 1.807) is 12.1 Å². The van der Waals surface area contributed by atoms with Crippen molar-refractivity contribution in [1.29, 1.82) is 0 Å². The molecule has 1 unspecified atom stereocenters. The average molecular weight is 594 g/mol. The molecule has 1 saturated carbocycles. The third-order valence-electron chi connectivity index (χ3n) is 7.55. The van der Waals surface area contributed by atoms with Crippen molar-refractivity contribution in [1.82, 2.24) is 16.0 Å². The van der Waals surface area contributed by atoms with E-state index >= 15 is 0 Å². The minimum Gasteiger partial charge on any atom is -0.497 e. The van der Waals surface area contributed by atoms with E-state index in [0.717, 1.165) is 0 Å². The molecule has 2 aromatic rings. The van der Waals surface area contributed by atoms with Gasteiger partial charge in [0.2, 0.25) is 17.7 Å². The van der Waals surface area contributed by atoms with Crippen molar-refractivity contribution in [2.75, 3.05) is 7.11 Å². The Hall–Kier alpha value is -3.96. The molecule has 3 amide bonds. The van der Waals surface area contributed by atoms with Crippen molar-refractivity contribution in [2.45, 2.75) is 76.2 Å². The Morgan fingerprint density at radius 1 is 0.857 bits per heavy atom. The summed E-state index contributed by atoms with van der Waals surface area (Å²) >= 11 is 0. The molecule has 3 rings (SSSR count). The standard InChI is InChI=1S/C30H35F4N3O5/c1-17(2)23(25(38)30(32,33)34)36-27(40)24(19-11-13-20(42-4)14-12-19)37-26(39)18(3)35-28(41)29(15-7-8-16-29)21-9-5-6-10-22(21)31/h5-6,9-14,17-18,23-24H,7-8,15-16H2,1-4H3,(H,35,41)(H,36,40)(H,37,39)/t18-,23?,24+/m1/s1. The molecule has 0 heterocycles. The average Bonchev–Trinajstić information content (AvgIpc) is 3.44. The van der Waals surface area contributed by atoms with Crippen LogP contribution < -0.4 is 20.7 Å². The van der Waals surface area contributed by atoms with Gasteiger partial charge < -0.3 is 20.7 Å². The minimum absolute atomic E-state index is 0.195. The van der Waals surface area contributed by atoms with Gasteiger partial charge in [-0.3, -0.25) is 19.2 Å². The molecule has 42 heavy (non-hydrogen) atoms. The normalized spacial score (nSPS) is 16.7. The summed E-state index contributed by atoms with van der Waals surface area (Å²) < 4.78 is 59.5. The predicted octanol–water partition coefficient (Wildman–Crippen LogP) is 4.28. The zero-order chi connectivity index (χ0) is 31.2. The molecule has 1 fully saturated rings. The molecule has 228 valence electrons. The summed E-state index contributed by atoms with van der Waals surface area (Å²) in [6.07, 6.45) is -3.04. The Balaban J connectivity index is 1.84. The number of ether oxygens (including phenoxy) is 1. The Kier molecular flexibility index (Phi) is 10.3. The van der Waals surface area contributed by atoms with Gasteiger partial charge in [0.05, 0.1) is 18.6 Å². The predicted molar refractivity (Wildman–Crippen MR) is 146 cm³/mol. The monoisotopic (exact) mass is 593 g/mol. The molecule has 2 aromatic carbocycles. The highest BCUT2D eigenvalue weighted by atomic mass is 19.4. The summed E-state index contributed by atoms with van der Waals surface area (Å²) in [5.41, 5.74) is -0.743. The molecular weight excluding hydrogens is 558 g/mol. The summed E-state index contributed by atoms with van der Waals surface area (Å²) in [5.74, 6) is -5.56. The summed E-state index contributed by atoms with van der Waals surface area (Å²) in [5, 5.41) is 7.24. The van der Waals surface area contributed by atoms with Crippen molar-refractivity contribution >= 4 is 23.5 Å². The van der Waals surface area contributed by atoms with Gasteiger partial charge in [-0.25, -0.2) is 4.39 Å². The van der Waals surface area contributed by atoms with E-state index < -0.39 is 65.0 Å². The second-order valence-corrected chi connectivity index (χ2v) is 10.8. The first-order valence-electron chi connectivity index (χ1n) is 13.6. The van der Waals surface area contributed by atoms with E-state index in [2.05, 4.69) is 16.0 Å². The molecule has 12 heteroatoms. The maximum Gasteiger partial charge on any atom is 0.452 e. The van der Waals surface area contributed by atoms with E-state index in [9.17, 15) is 36.7 Å². The fraction of sp³-hybridized carbons (Fsp3) is 0.467. The van der Waals surface area contributed by atoms with Crippen LogP contribution in [0.5, 0.6) is 5.75 Å². The number of amides is 3. The first-order valence-corrected chi connectivity index (χ1v) is 13.6. The minimum atomic E-state index is -5.19. The molecule has 8 nitrogen and oxygen atoms in total. The number of methoxy groups -OCH3 is 1. The van der Waals surface area contributed by atoms with Crippen LogP contribution in [0.3, 0.4) is 0 Å². The van der Waals surface area contributed by atoms with Crippen molar-refractivity contribution in [3.63, 3.8) is 0 Å². The molecular formula is C30H35F4N3O5. The second-order valence-electron chi connectivity index (χ2n) is 10.8. The zero-order valence-corrected chi connectivity index (χ0v) is 23.8. The molecule has 0 bridgehead atoms. The molecule has 0 saturated heterocycles. The number of ketones is 1. The van der Waals surface area contributed by atoms with Crippen LogP contribution in [0.25, 0.3) is 0 Å². The number of halogens is 4. The van der Waals surface area contributed by atoms with Crippen LogP contribution in [0, 0.1) is 11.7 Å². The van der Waals surface area contributed by atoms with Crippen LogP contribution in [-0.4, -0.2) is 48.9 Å². The Morgan fingerprint density at radius 2 is 1.45 bits per heavy atom. The molecule has 3 atom stereocenters. The molecule has 1 aliphatic carbocycles. The van der Waals surface area contributed by atoms with Crippen molar-refractivity contribution in [3.05, 3.63) is 65.5 Å². The van der Waals surface area contributed by atoms with E-state index in [4.69, 9.17) is 4.74 Å². The summed E-state index contributed by atoms with van der Waals surface area (Å²) in [6.45, 7) is 4.08. The molecule has 3 N–H and O–H groups in total. The lowest BCUT2D eigenvalue weighted by Gasteiger charge is -2.31. The van der Waals surface area contributed by atoms with E-state index in [0.29, 0.717) is 31.4 Å². The number of nitrogens with one attached hydrogen (secondary N) is 3. The number of carbonyl (C=O) groups excluding carboxylic acids is 4. The third-order valence-corrected chi connectivity index (χ3v) is 7.55. The maximum absolute atomic E-state index is 14.7. The number of alkyl halides is 3. The van der Waals surface area contributed by atoms with E-state index in [1.807, 2.05) is 0 Å². The summed E-state index contributed by atoms with van der Waals surface area (Å²) in [7, 11) is 1.42. The number of hydrogen-bond acceptors (Lipinski definition) is 5. The van der Waals surface area contributed by atoms with Crippen molar-refractivity contribution < 1.29 is 41.5 Å². The molecule has 0 spiro atoms. The van der Waals surface area contributed by atoms with Crippen molar-refractivity contribution in [2.24, 2.45) is 5.92 Å². The maximum atomic E-state index is 14.7. The lowest BCUT2D eigenvalue weighted by atomic mass is 9.77. The first kappa shape index (κ1) is 32.6. The van der Waals surface area contributed by atoms with E-state index in [1.165, 1.54) is 64.3 Å². The van der Waals surface area contributed by atoms with Gasteiger partial charge in [0.15, 0.2) is 0 Å². The van der Waals surface area contributed by atoms with Crippen LogP contribution in [0.1, 0.15) is 63.6 Å². The quantitative estimate of drug-likeness (QED) is 0.337. The highest BCUT2D eigenvalue weighted by Crippen LogP contribution is 2.42. The number of benzene rings is 2. The lowest BCUT2D eigenvalue weighted by molar-refractivity contribution is -0.175. The van der Waals surface area contributed by atoms with Gasteiger partial charge in [0.25, 0.3) is 5.78 Å². The number of Topliss-reactive ketones (excluding diaryl/α,β-unsaturated/α-hetero) is 1. The smallest absolute Gasteiger partial charge is 0.452 e. The molecule has 1 aliphatic rings. The highest BCUT2D eigenvalue weighted by molar-refractivity contribution is 5.97. The third kappa shape index (κ3) is 7.27. The Labute approximate surface area is 241 Å². The van der Waals surface area contributed by atoms with Gasteiger partial charge in [-0.2, -0.15) is 13.2 Å². The van der Waals surface area contributed by atoms with Crippen LogP contribution >= 0.6 is 0 Å². The van der Waals surface area contributed by atoms with Gasteiger partial charge in [-0.1, -0.05) is 57.0 Å². The summed E-state index contributed by atoms with van der Waals surface area (Å²) in [6, 6.07) is 7.22. The second kappa shape index (κ2) is 13.3. The number of hydrogen-bond donors (Lipinski definition) is 3. The van der Waals surface area contributed by atoms with Crippen LogP contribution in [-0.2, 0) is 24.6 Å². The van der Waals surface area contributed by atoms with Gasteiger partial charge in [-0.15, -0.1) is 0 Å². The van der Waals surface area contributed by atoms with Gasteiger partial charge in [-0.05, 0) is 49.4 Å². The topological polar surface area (TPSA) is 114 Å². The highest BCUT2D eigenvalue weighted by Gasteiger charge is 2.47.